The zero-order chi connectivity index (χ0) is 33.7. The van der Waals surface area contributed by atoms with Gasteiger partial charge in [-0.15, -0.1) is 5.10 Å². The van der Waals surface area contributed by atoms with Crippen molar-refractivity contribution in [2.24, 2.45) is 0 Å². The van der Waals surface area contributed by atoms with E-state index in [1.807, 2.05) is 50.2 Å². The quantitative estimate of drug-likeness (QED) is 0.122. The van der Waals surface area contributed by atoms with Gasteiger partial charge in [-0.05, 0) is 73.5 Å². The number of hydrogen-bond donors (Lipinski definition) is 1. The first kappa shape index (κ1) is 31.1. The third-order valence-corrected chi connectivity index (χ3v) is 7.53. The molecule has 13 heteroatoms. The number of oxazole rings is 2. The third kappa shape index (κ3) is 7.25. The van der Waals surface area contributed by atoms with Crippen LogP contribution < -0.4 is 14.2 Å². The summed E-state index contributed by atoms with van der Waals surface area (Å²) in [5, 5.41) is 14.2. The van der Waals surface area contributed by atoms with Gasteiger partial charge in [-0.25, -0.2) is 14.8 Å². The van der Waals surface area contributed by atoms with E-state index < -0.39 is 5.97 Å². The maximum absolute atomic E-state index is 11.9. The maximum Gasteiger partial charge on any atom is 0.342 e. The van der Waals surface area contributed by atoms with E-state index in [2.05, 4.69) is 15.1 Å². The molecule has 7 rings (SSSR count). The molecule has 0 fully saturated rings. The van der Waals surface area contributed by atoms with E-state index in [4.69, 9.17) is 31.9 Å². The fraction of sp³-hybridized carbons (Fsp3) is 0.167. The molecule has 248 valence electrons. The number of aromatic carboxylic acids is 1. The Morgan fingerprint density at radius 2 is 1.24 bits per heavy atom. The van der Waals surface area contributed by atoms with Gasteiger partial charge in [0.15, 0.2) is 11.5 Å². The van der Waals surface area contributed by atoms with Crippen LogP contribution in [-0.4, -0.2) is 30.8 Å². The molecule has 49 heavy (non-hydrogen) atoms. The number of rotatable bonds is 14. The molecule has 0 saturated heterocycles. The molecule has 0 radical (unpaired) electrons. The van der Waals surface area contributed by atoms with Crippen molar-refractivity contribution in [3.05, 3.63) is 131 Å². The number of hydrogen-bond acceptors (Lipinski definition) is 11. The first-order valence-electron chi connectivity index (χ1n) is 15.3. The summed E-state index contributed by atoms with van der Waals surface area (Å²) in [5.74, 6) is 3.36. The highest BCUT2D eigenvalue weighted by atomic mass is 16.5. The summed E-state index contributed by atoms with van der Waals surface area (Å²) < 4.78 is 41.2. The number of ether oxygens (including phenoxy) is 3. The van der Waals surface area contributed by atoms with Crippen LogP contribution in [0.1, 0.15) is 44.4 Å². The number of furan rings is 2. The van der Waals surface area contributed by atoms with Gasteiger partial charge < -0.3 is 37.0 Å². The van der Waals surface area contributed by atoms with Crippen molar-refractivity contribution in [2.75, 3.05) is 0 Å². The molecular weight excluding hydrogens is 632 g/mol. The molecule has 5 aromatic heterocycles. The summed E-state index contributed by atoms with van der Waals surface area (Å²) in [6.07, 6.45) is 4.57. The Labute approximate surface area is 279 Å². The van der Waals surface area contributed by atoms with Gasteiger partial charge in [0.1, 0.15) is 59.8 Å². The van der Waals surface area contributed by atoms with E-state index in [0.29, 0.717) is 64.3 Å². The molecule has 0 amide bonds. The fourth-order valence-corrected chi connectivity index (χ4v) is 4.89. The highest BCUT2D eigenvalue weighted by molar-refractivity contribution is 5.89. The third-order valence-electron chi connectivity index (χ3n) is 7.53. The van der Waals surface area contributed by atoms with Gasteiger partial charge in [-0.3, -0.25) is 4.68 Å². The Kier molecular flexibility index (Phi) is 8.70. The smallest absolute Gasteiger partial charge is 0.342 e. The van der Waals surface area contributed by atoms with Gasteiger partial charge in [-0.1, -0.05) is 24.3 Å². The van der Waals surface area contributed by atoms with Crippen molar-refractivity contribution in [3.63, 3.8) is 0 Å². The van der Waals surface area contributed by atoms with Gasteiger partial charge in [0.25, 0.3) is 11.8 Å². The minimum atomic E-state index is -1.13. The van der Waals surface area contributed by atoms with Crippen LogP contribution in [0.5, 0.6) is 17.4 Å². The summed E-state index contributed by atoms with van der Waals surface area (Å²) in [4.78, 5) is 20.9. The molecule has 0 spiro atoms. The number of benzene rings is 2. The molecule has 1 N–H and O–H groups in total. The molecule has 2 aromatic carbocycles. The number of nitrogens with zero attached hydrogens (tertiary/aromatic N) is 4. The Morgan fingerprint density at radius 3 is 1.73 bits per heavy atom. The van der Waals surface area contributed by atoms with Gasteiger partial charge >= 0.3 is 5.97 Å². The number of aryl methyl sites for hydroxylation is 2. The number of carboxylic acids is 1. The standard InChI is InChI=1S/C36H30N4O9/c1-22-29(37-34(48-22)31-5-3-15-43-31)20-45-26-11-7-24(8-12-26)17-40-18-28(36(41)42)33(39-40)47-19-25-9-13-27(14-10-25)46-21-30-23(2)49-35(38-30)32-6-4-16-44-32/h3-16,18H,17,19-21H2,1-2H3,(H,41,42). The van der Waals surface area contributed by atoms with Gasteiger partial charge in [0.2, 0.25) is 5.88 Å². The molecule has 5 heterocycles. The monoisotopic (exact) mass is 662 g/mol. The lowest BCUT2D eigenvalue weighted by Gasteiger charge is -2.08. The number of aromatic nitrogens is 4. The molecule has 13 nitrogen and oxygen atoms in total. The van der Waals surface area contributed by atoms with Crippen molar-refractivity contribution in [3.8, 4) is 40.7 Å². The zero-order valence-electron chi connectivity index (χ0n) is 26.5. The molecule has 0 aliphatic rings. The SMILES string of the molecule is Cc1oc(-c2ccco2)nc1COc1ccc(COc2nn(Cc3ccc(OCc4nc(-c5ccco5)oc4C)cc3)cc2C(=O)O)cc1. The normalized spacial score (nSPS) is 11.1. The fourth-order valence-electron chi connectivity index (χ4n) is 4.89. The second-order valence-electron chi connectivity index (χ2n) is 11.0. The van der Waals surface area contributed by atoms with Crippen LogP contribution in [0.3, 0.4) is 0 Å². The first-order chi connectivity index (χ1) is 23.9. The molecule has 0 unspecified atom stereocenters. The first-order valence-corrected chi connectivity index (χ1v) is 15.3. The van der Waals surface area contributed by atoms with E-state index in [9.17, 15) is 9.90 Å². The van der Waals surface area contributed by atoms with E-state index in [-0.39, 0.29) is 31.3 Å². The summed E-state index contributed by atoms with van der Waals surface area (Å²) in [6, 6.07) is 21.8. The second-order valence-corrected chi connectivity index (χ2v) is 11.0. The Balaban J connectivity index is 0.920. The van der Waals surface area contributed by atoms with Crippen LogP contribution in [0, 0.1) is 13.8 Å². The largest absolute Gasteiger partial charge is 0.487 e. The second kappa shape index (κ2) is 13.7. The predicted octanol–water partition coefficient (Wildman–Crippen LogP) is 7.48. The van der Waals surface area contributed by atoms with E-state index in [1.165, 1.54) is 10.9 Å². The highest BCUT2D eigenvalue weighted by Gasteiger charge is 2.19. The minimum absolute atomic E-state index is 0.0264. The van der Waals surface area contributed by atoms with Gasteiger partial charge in [0.05, 0.1) is 19.1 Å². The number of carbonyl (C=O) groups is 1. The topological polar surface area (TPSA) is 161 Å². The lowest BCUT2D eigenvalue weighted by atomic mass is 10.2. The Morgan fingerprint density at radius 1 is 0.714 bits per heavy atom. The van der Waals surface area contributed by atoms with Crippen molar-refractivity contribution < 1.29 is 41.8 Å². The van der Waals surface area contributed by atoms with Crippen molar-refractivity contribution in [1.82, 2.24) is 19.7 Å². The van der Waals surface area contributed by atoms with Crippen LogP contribution in [0.4, 0.5) is 0 Å². The zero-order valence-corrected chi connectivity index (χ0v) is 26.5. The lowest BCUT2D eigenvalue weighted by Crippen LogP contribution is -2.03. The molecule has 0 aliphatic carbocycles. The Hall–Kier alpha value is -6.50. The van der Waals surface area contributed by atoms with Crippen molar-refractivity contribution in [1.29, 1.82) is 0 Å². The predicted molar refractivity (Wildman–Crippen MR) is 172 cm³/mol. The van der Waals surface area contributed by atoms with Crippen molar-refractivity contribution in [2.45, 2.75) is 40.2 Å². The summed E-state index contributed by atoms with van der Waals surface area (Å²) in [7, 11) is 0. The molecule has 0 saturated carbocycles. The number of carboxylic acid groups (broad SMARTS) is 1. The van der Waals surface area contributed by atoms with Crippen LogP contribution in [-0.2, 0) is 26.4 Å². The molecule has 0 aliphatic heterocycles. The minimum Gasteiger partial charge on any atom is -0.487 e. The van der Waals surface area contributed by atoms with Gasteiger partial charge in [-0.2, -0.15) is 0 Å². The van der Waals surface area contributed by atoms with Gasteiger partial charge in [0, 0.05) is 6.20 Å². The van der Waals surface area contributed by atoms with Crippen LogP contribution >= 0.6 is 0 Å². The highest BCUT2D eigenvalue weighted by Crippen LogP contribution is 2.26. The van der Waals surface area contributed by atoms with Crippen LogP contribution in [0.15, 0.2) is 109 Å². The maximum atomic E-state index is 11.9. The van der Waals surface area contributed by atoms with Crippen LogP contribution in [0.25, 0.3) is 23.3 Å². The Bertz CT molecular complexity index is 2140. The summed E-state index contributed by atoms with van der Waals surface area (Å²) in [6.45, 7) is 4.54. The molecule has 7 aromatic rings. The average molecular weight is 663 g/mol. The van der Waals surface area contributed by atoms with E-state index in [1.54, 1.807) is 48.9 Å². The molecule has 0 atom stereocenters. The average Bonchev–Trinajstić information content (AvgIpc) is 3.95. The summed E-state index contributed by atoms with van der Waals surface area (Å²) >= 11 is 0. The van der Waals surface area contributed by atoms with E-state index in [0.717, 1.165) is 11.1 Å². The van der Waals surface area contributed by atoms with E-state index >= 15 is 0 Å². The summed E-state index contributed by atoms with van der Waals surface area (Å²) in [5.41, 5.74) is 3.00. The lowest BCUT2D eigenvalue weighted by molar-refractivity contribution is 0.0691. The molecular formula is C36H30N4O9. The van der Waals surface area contributed by atoms with Crippen LogP contribution in [0.2, 0.25) is 0 Å². The van der Waals surface area contributed by atoms with Crippen molar-refractivity contribution >= 4 is 5.97 Å². The molecule has 0 bridgehead atoms.